The van der Waals surface area contributed by atoms with Crippen molar-refractivity contribution in [3.8, 4) is 6.01 Å². The van der Waals surface area contributed by atoms with Crippen molar-refractivity contribution in [2.24, 2.45) is 0 Å². The largest absolute Gasteiger partial charge is 0.467 e. The lowest BCUT2D eigenvalue weighted by Crippen LogP contribution is -2.34. The Bertz CT molecular complexity index is 1050. The Morgan fingerprint density at radius 3 is 2.58 bits per heavy atom. The van der Waals surface area contributed by atoms with Crippen LogP contribution in [0.15, 0.2) is 24.5 Å². The van der Waals surface area contributed by atoms with Crippen LogP contribution in [0.3, 0.4) is 0 Å². The van der Waals surface area contributed by atoms with Crippen LogP contribution in [0.25, 0.3) is 5.65 Å². The third-order valence-corrected chi connectivity index (χ3v) is 5.54. The molecule has 0 amide bonds. The van der Waals surface area contributed by atoms with Crippen molar-refractivity contribution in [1.29, 1.82) is 0 Å². The summed E-state index contributed by atoms with van der Waals surface area (Å²) in [6.07, 6.45) is 0.770. The van der Waals surface area contributed by atoms with Gasteiger partial charge >= 0.3 is 12.2 Å². The Morgan fingerprint density at radius 1 is 1.19 bits per heavy atom. The second kappa shape index (κ2) is 8.41. The molecule has 7 nitrogen and oxygen atoms in total. The van der Waals surface area contributed by atoms with Gasteiger partial charge in [0.1, 0.15) is 5.69 Å². The van der Waals surface area contributed by atoms with Crippen LogP contribution in [-0.2, 0) is 12.7 Å². The first-order chi connectivity index (χ1) is 14.7. The van der Waals surface area contributed by atoms with Gasteiger partial charge in [0.2, 0.25) is 0 Å². The van der Waals surface area contributed by atoms with Crippen LogP contribution in [0.5, 0.6) is 6.01 Å². The van der Waals surface area contributed by atoms with E-state index in [-0.39, 0.29) is 17.5 Å². The van der Waals surface area contributed by atoms with Gasteiger partial charge in [0.15, 0.2) is 5.65 Å². The number of piperidine rings is 1. The zero-order chi connectivity index (χ0) is 22.2. The molecule has 31 heavy (non-hydrogen) atoms. The summed E-state index contributed by atoms with van der Waals surface area (Å²) in [6, 6.07) is 3.12. The Labute approximate surface area is 178 Å². The first-order valence-corrected chi connectivity index (χ1v) is 10.3. The molecule has 0 spiro atoms. The van der Waals surface area contributed by atoms with Gasteiger partial charge in [0, 0.05) is 48.7 Å². The summed E-state index contributed by atoms with van der Waals surface area (Å²) >= 11 is 0. The van der Waals surface area contributed by atoms with E-state index in [2.05, 4.69) is 25.0 Å². The van der Waals surface area contributed by atoms with Crippen LogP contribution in [0, 0.1) is 0 Å². The minimum atomic E-state index is -4.50. The molecule has 1 atom stereocenters. The molecule has 0 saturated carbocycles. The second-order valence-corrected chi connectivity index (χ2v) is 8.21. The topological polar surface area (TPSA) is 68.4 Å². The van der Waals surface area contributed by atoms with Crippen LogP contribution in [0.2, 0.25) is 0 Å². The number of likely N-dealkylation sites (tertiary alicyclic amines) is 1. The van der Waals surface area contributed by atoms with Gasteiger partial charge in [-0.25, -0.2) is 19.5 Å². The molecule has 4 heterocycles. The van der Waals surface area contributed by atoms with Gasteiger partial charge < -0.3 is 4.74 Å². The number of fused-ring (bicyclic) bond motifs is 1. The quantitative estimate of drug-likeness (QED) is 0.604. The molecule has 4 rings (SSSR count). The zero-order valence-electron chi connectivity index (χ0n) is 17.7. The highest BCUT2D eigenvalue weighted by atomic mass is 19.4. The van der Waals surface area contributed by atoms with E-state index in [1.54, 1.807) is 18.5 Å². The summed E-state index contributed by atoms with van der Waals surface area (Å²) in [5.41, 5.74) is 1.48. The van der Waals surface area contributed by atoms with Gasteiger partial charge in [-0.1, -0.05) is 13.8 Å². The van der Waals surface area contributed by atoms with Crippen LogP contribution in [-0.4, -0.2) is 49.7 Å². The molecule has 10 heteroatoms. The fraction of sp³-hybridized carbons (Fsp3) is 0.524. The predicted molar refractivity (Wildman–Crippen MR) is 108 cm³/mol. The van der Waals surface area contributed by atoms with E-state index in [9.17, 15) is 13.2 Å². The lowest BCUT2D eigenvalue weighted by molar-refractivity contribution is -0.142. The number of rotatable bonds is 5. The van der Waals surface area contributed by atoms with E-state index in [1.165, 1.54) is 7.11 Å². The lowest BCUT2D eigenvalue weighted by atomic mass is 9.94. The van der Waals surface area contributed by atoms with Crippen molar-refractivity contribution in [3.05, 3.63) is 47.2 Å². The van der Waals surface area contributed by atoms with E-state index >= 15 is 0 Å². The highest BCUT2D eigenvalue weighted by Crippen LogP contribution is 2.33. The Morgan fingerprint density at radius 2 is 1.94 bits per heavy atom. The maximum absolute atomic E-state index is 13.7. The van der Waals surface area contributed by atoms with Crippen molar-refractivity contribution in [3.63, 3.8) is 0 Å². The molecule has 3 aromatic rings. The fourth-order valence-electron chi connectivity index (χ4n) is 3.94. The number of methoxy groups -OCH3 is 1. The van der Waals surface area contributed by atoms with Gasteiger partial charge in [-0.05, 0) is 31.4 Å². The Balaban J connectivity index is 1.58. The van der Waals surface area contributed by atoms with E-state index in [0.717, 1.165) is 35.5 Å². The van der Waals surface area contributed by atoms with Crippen LogP contribution >= 0.6 is 0 Å². The van der Waals surface area contributed by atoms with Gasteiger partial charge in [-0.2, -0.15) is 18.3 Å². The predicted octanol–water partition coefficient (Wildman–Crippen LogP) is 4.05. The molecule has 0 bridgehead atoms. The Kier molecular flexibility index (Phi) is 5.83. The van der Waals surface area contributed by atoms with Gasteiger partial charge in [-0.3, -0.25) is 4.90 Å². The van der Waals surface area contributed by atoms with Crippen molar-refractivity contribution >= 4 is 5.65 Å². The summed E-state index contributed by atoms with van der Waals surface area (Å²) in [5.74, 6) is -0.0699. The number of nitrogens with zero attached hydrogens (tertiary/aromatic N) is 6. The third kappa shape index (κ3) is 4.63. The van der Waals surface area contributed by atoms with Crippen LogP contribution in [0.4, 0.5) is 13.2 Å². The Hall–Kier alpha value is -2.75. The van der Waals surface area contributed by atoms with E-state index in [1.807, 2.05) is 13.8 Å². The van der Waals surface area contributed by atoms with E-state index in [4.69, 9.17) is 4.74 Å². The fourth-order valence-corrected chi connectivity index (χ4v) is 3.94. The summed E-state index contributed by atoms with van der Waals surface area (Å²) in [5, 5.41) is 4.33. The molecule has 1 aliphatic heterocycles. The van der Waals surface area contributed by atoms with Gasteiger partial charge in [0.25, 0.3) is 0 Å². The molecule has 1 saturated heterocycles. The first kappa shape index (κ1) is 21.5. The molecule has 1 fully saturated rings. The number of hydrogen-bond acceptors (Lipinski definition) is 6. The van der Waals surface area contributed by atoms with Gasteiger partial charge in [0.05, 0.1) is 12.8 Å². The lowest BCUT2D eigenvalue weighted by Gasteiger charge is -2.31. The minimum Gasteiger partial charge on any atom is -0.467 e. The number of alkyl halides is 3. The second-order valence-electron chi connectivity index (χ2n) is 8.21. The maximum atomic E-state index is 13.7. The summed E-state index contributed by atoms with van der Waals surface area (Å²) < 4.78 is 46.9. The number of hydrogen-bond donors (Lipinski definition) is 0. The van der Waals surface area contributed by atoms with Crippen molar-refractivity contribution in [1.82, 2.24) is 29.5 Å². The van der Waals surface area contributed by atoms with E-state index < -0.39 is 11.9 Å². The summed E-state index contributed by atoms with van der Waals surface area (Å²) in [6.45, 7) is 5.93. The van der Waals surface area contributed by atoms with Crippen LogP contribution < -0.4 is 4.74 Å². The summed E-state index contributed by atoms with van der Waals surface area (Å²) in [4.78, 5) is 14.9. The molecule has 1 unspecified atom stereocenters. The maximum Gasteiger partial charge on any atom is 0.433 e. The molecule has 0 N–H and O–H groups in total. The SMILES string of the molecule is COc1ncc(CN2CCCC(c3cc4nc(C(C)C)cc(C(F)(F)F)n4n3)C2)cn1. The number of halogens is 3. The molecule has 166 valence electrons. The van der Waals surface area contributed by atoms with Crippen molar-refractivity contribution < 1.29 is 17.9 Å². The summed E-state index contributed by atoms with van der Waals surface area (Å²) in [7, 11) is 1.52. The first-order valence-electron chi connectivity index (χ1n) is 10.3. The molecule has 3 aromatic heterocycles. The van der Waals surface area contributed by atoms with E-state index in [0.29, 0.717) is 30.5 Å². The number of ether oxygens (including phenoxy) is 1. The molecular weight excluding hydrogens is 409 g/mol. The standard InChI is InChI=1S/C21H25F3N6O/c1-13(2)16-7-18(21(22,23)24)30-19(27-16)8-17(28-30)15-5-4-6-29(12-15)11-14-9-25-20(31-3)26-10-14/h7-10,13,15H,4-6,11-12H2,1-3H3. The molecule has 0 aromatic carbocycles. The van der Waals surface area contributed by atoms with Crippen molar-refractivity contribution in [2.45, 2.75) is 51.2 Å². The average molecular weight is 434 g/mol. The average Bonchev–Trinajstić information content (AvgIpc) is 3.17. The van der Waals surface area contributed by atoms with Crippen molar-refractivity contribution in [2.75, 3.05) is 20.2 Å². The highest BCUT2D eigenvalue weighted by Gasteiger charge is 2.36. The smallest absolute Gasteiger partial charge is 0.433 e. The molecule has 0 aliphatic carbocycles. The minimum absolute atomic E-state index is 0.0400. The molecular formula is C21H25F3N6O. The zero-order valence-corrected chi connectivity index (χ0v) is 17.7. The highest BCUT2D eigenvalue weighted by molar-refractivity contribution is 5.44. The number of aromatic nitrogens is 5. The van der Waals surface area contributed by atoms with Gasteiger partial charge in [-0.15, -0.1) is 0 Å². The van der Waals surface area contributed by atoms with Crippen LogP contribution in [0.1, 0.15) is 61.2 Å². The molecule has 1 aliphatic rings. The molecule has 0 radical (unpaired) electrons. The monoisotopic (exact) mass is 434 g/mol. The third-order valence-electron chi connectivity index (χ3n) is 5.54. The normalized spacial score (nSPS) is 18.1.